The minimum Gasteiger partial charge on any atom is -0.368 e. The maximum atomic E-state index is 12.8. The minimum atomic E-state index is -0.411. The number of carbonyl (C=O) groups excluding carboxylic acids is 1. The molecule has 1 amide bonds. The monoisotopic (exact) mass is 393 g/mol. The van der Waals surface area contributed by atoms with Gasteiger partial charge in [0.2, 0.25) is 0 Å². The molecule has 3 aromatic rings. The molecule has 1 saturated heterocycles. The lowest BCUT2D eigenvalue weighted by molar-refractivity contribution is -0.384. The molecule has 0 radical (unpaired) electrons. The van der Waals surface area contributed by atoms with Crippen LogP contribution in [-0.4, -0.2) is 52.1 Å². The highest BCUT2D eigenvalue weighted by atomic mass is 16.6. The van der Waals surface area contributed by atoms with E-state index in [1.54, 1.807) is 43.3 Å². The molecule has 0 unspecified atom stereocenters. The fourth-order valence-corrected chi connectivity index (χ4v) is 3.31. The standard InChI is InChI=1S/C20H19N5O4/c1-14-21-19(29-22-14)15-2-4-16(5-3-15)20(26)24-12-10-23(11-13-24)17-6-8-18(9-7-17)25(27)28/h2-9H,10-13H2,1H3. The molecule has 9 nitrogen and oxygen atoms in total. The van der Waals surface area contributed by atoms with E-state index in [1.807, 2.05) is 4.90 Å². The number of piperazine rings is 1. The molecule has 4 rings (SSSR count). The van der Waals surface area contributed by atoms with Gasteiger partial charge in [0.05, 0.1) is 4.92 Å². The van der Waals surface area contributed by atoms with Crippen molar-refractivity contribution in [1.29, 1.82) is 0 Å². The number of nitro benzene ring substituents is 1. The van der Waals surface area contributed by atoms with Crippen molar-refractivity contribution in [2.75, 3.05) is 31.1 Å². The lowest BCUT2D eigenvalue weighted by atomic mass is 10.1. The van der Waals surface area contributed by atoms with Crippen LogP contribution in [0.1, 0.15) is 16.2 Å². The second kappa shape index (κ2) is 7.70. The summed E-state index contributed by atoms with van der Waals surface area (Å²) in [5.41, 5.74) is 2.36. The van der Waals surface area contributed by atoms with Gasteiger partial charge in [-0.3, -0.25) is 14.9 Å². The van der Waals surface area contributed by atoms with Gasteiger partial charge < -0.3 is 14.3 Å². The van der Waals surface area contributed by atoms with E-state index >= 15 is 0 Å². The predicted molar refractivity (Wildman–Crippen MR) is 106 cm³/mol. The van der Waals surface area contributed by atoms with E-state index in [0.29, 0.717) is 43.5 Å². The van der Waals surface area contributed by atoms with E-state index in [1.165, 1.54) is 12.1 Å². The van der Waals surface area contributed by atoms with Gasteiger partial charge in [0.15, 0.2) is 5.82 Å². The first kappa shape index (κ1) is 18.6. The molecular weight excluding hydrogens is 374 g/mol. The maximum Gasteiger partial charge on any atom is 0.269 e. The topological polar surface area (TPSA) is 106 Å². The number of non-ortho nitro benzene ring substituents is 1. The Balaban J connectivity index is 1.38. The highest BCUT2D eigenvalue weighted by Crippen LogP contribution is 2.22. The molecule has 148 valence electrons. The van der Waals surface area contributed by atoms with Gasteiger partial charge in [-0.05, 0) is 43.3 Å². The van der Waals surface area contributed by atoms with Gasteiger partial charge in [0.1, 0.15) is 0 Å². The lowest BCUT2D eigenvalue weighted by Gasteiger charge is -2.36. The molecular formula is C20H19N5O4. The van der Waals surface area contributed by atoms with Crippen LogP contribution in [0, 0.1) is 17.0 Å². The summed E-state index contributed by atoms with van der Waals surface area (Å²) >= 11 is 0. The van der Waals surface area contributed by atoms with Gasteiger partial charge >= 0.3 is 0 Å². The van der Waals surface area contributed by atoms with E-state index in [4.69, 9.17) is 4.52 Å². The summed E-state index contributed by atoms with van der Waals surface area (Å²) < 4.78 is 5.14. The van der Waals surface area contributed by atoms with Crippen molar-refractivity contribution in [1.82, 2.24) is 15.0 Å². The number of nitrogens with zero attached hydrogens (tertiary/aromatic N) is 5. The van der Waals surface area contributed by atoms with Gasteiger partial charge in [-0.25, -0.2) is 0 Å². The van der Waals surface area contributed by atoms with Crippen LogP contribution in [-0.2, 0) is 0 Å². The summed E-state index contributed by atoms with van der Waals surface area (Å²) in [6.45, 7) is 4.26. The number of amides is 1. The van der Waals surface area contributed by atoms with Crippen LogP contribution in [0.3, 0.4) is 0 Å². The third-order valence-electron chi connectivity index (χ3n) is 4.90. The van der Waals surface area contributed by atoms with Crippen LogP contribution < -0.4 is 4.90 Å². The molecule has 1 aromatic heterocycles. The van der Waals surface area contributed by atoms with E-state index in [0.717, 1.165) is 11.3 Å². The van der Waals surface area contributed by atoms with Crippen LogP contribution in [0.4, 0.5) is 11.4 Å². The molecule has 29 heavy (non-hydrogen) atoms. The first-order chi connectivity index (χ1) is 14.0. The molecule has 0 bridgehead atoms. The molecule has 9 heteroatoms. The molecule has 0 N–H and O–H groups in total. The first-order valence-electron chi connectivity index (χ1n) is 9.21. The van der Waals surface area contributed by atoms with Crippen LogP contribution in [0.25, 0.3) is 11.5 Å². The zero-order chi connectivity index (χ0) is 20.4. The maximum absolute atomic E-state index is 12.8. The van der Waals surface area contributed by atoms with Crippen molar-refractivity contribution in [3.63, 3.8) is 0 Å². The normalized spacial score (nSPS) is 14.1. The Labute approximate surface area is 166 Å². The average Bonchev–Trinajstić information content (AvgIpc) is 3.20. The Morgan fingerprint density at radius 3 is 2.24 bits per heavy atom. The second-order valence-electron chi connectivity index (χ2n) is 6.78. The fraction of sp³-hybridized carbons (Fsp3) is 0.250. The summed E-state index contributed by atoms with van der Waals surface area (Å²) in [7, 11) is 0. The van der Waals surface area contributed by atoms with Crippen LogP contribution in [0.2, 0.25) is 0 Å². The Hall–Kier alpha value is -3.75. The Bertz CT molecular complexity index is 1020. The van der Waals surface area contributed by atoms with Gasteiger partial charge in [-0.2, -0.15) is 4.98 Å². The van der Waals surface area contributed by atoms with Crippen molar-refractivity contribution < 1.29 is 14.2 Å². The summed E-state index contributed by atoms with van der Waals surface area (Å²) in [6, 6.07) is 13.6. The zero-order valence-electron chi connectivity index (χ0n) is 15.8. The Morgan fingerprint density at radius 1 is 1.03 bits per heavy atom. The smallest absolute Gasteiger partial charge is 0.269 e. The molecule has 0 spiro atoms. The largest absolute Gasteiger partial charge is 0.368 e. The number of aryl methyl sites for hydroxylation is 1. The highest BCUT2D eigenvalue weighted by Gasteiger charge is 2.23. The molecule has 1 aliphatic heterocycles. The van der Waals surface area contributed by atoms with E-state index in [-0.39, 0.29) is 11.6 Å². The number of anilines is 1. The van der Waals surface area contributed by atoms with Crippen LogP contribution >= 0.6 is 0 Å². The van der Waals surface area contributed by atoms with E-state index in [9.17, 15) is 14.9 Å². The van der Waals surface area contributed by atoms with Gasteiger partial charge in [0, 0.05) is 55.1 Å². The number of hydrogen-bond donors (Lipinski definition) is 0. The molecule has 0 saturated carbocycles. The van der Waals surface area contributed by atoms with Crippen molar-refractivity contribution in [2.45, 2.75) is 6.92 Å². The number of nitro groups is 1. The summed E-state index contributed by atoms with van der Waals surface area (Å²) in [6.07, 6.45) is 0. The summed E-state index contributed by atoms with van der Waals surface area (Å²) in [5, 5.41) is 14.6. The fourth-order valence-electron chi connectivity index (χ4n) is 3.31. The van der Waals surface area contributed by atoms with Gasteiger partial charge in [0.25, 0.3) is 17.5 Å². The van der Waals surface area contributed by atoms with Gasteiger partial charge in [-0.1, -0.05) is 5.16 Å². The number of hydrogen-bond acceptors (Lipinski definition) is 7. The third-order valence-corrected chi connectivity index (χ3v) is 4.90. The molecule has 1 fully saturated rings. The molecule has 0 atom stereocenters. The van der Waals surface area contributed by atoms with Crippen molar-refractivity contribution in [3.8, 4) is 11.5 Å². The summed E-state index contributed by atoms with van der Waals surface area (Å²) in [5.74, 6) is 0.964. The van der Waals surface area contributed by atoms with Crippen molar-refractivity contribution in [2.24, 2.45) is 0 Å². The van der Waals surface area contributed by atoms with E-state index < -0.39 is 4.92 Å². The van der Waals surface area contributed by atoms with Crippen LogP contribution in [0.15, 0.2) is 53.1 Å². The SMILES string of the molecule is Cc1noc(-c2ccc(C(=O)N3CCN(c4ccc([N+](=O)[O-])cc4)CC3)cc2)n1. The minimum absolute atomic E-state index is 0.0263. The van der Waals surface area contributed by atoms with Crippen LogP contribution in [0.5, 0.6) is 0 Å². The number of aromatic nitrogens is 2. The molecule has 2 aromatic carbocycles. The Morgan fingerprint density at radius 2 is 1.69 bits per heavy atom. The Kier molecular flexibility index (Phi) is 4.94. The highest BCUT2D eigenvalue weighted by molar-refractivity contribution is 5.94. The first-order valence-corrected chi connectivity index (χ1v) is 9.21. The lowest BCUT2D eigenvalue weighted by Crippen LogP contribution is -2.48. The number of rotatable bonds is 4. The van der Waals surface area contributed by atoms with E-state index in [2.05, 4.69) is 15.0 Å². The predicted octanol–water partition coefficient (Wildman–Crippen LogP) is 2.92. The molecule has 2 heterocycles. The summed E-state index contributed by atoms with van der Waals surface area (Å²) in [4.78, 5) is 31.3. The van der Waals surface area contributed by atoms with Crippen molar-refractivity contribution in [3.05, 3.63) is 70.0 Å². The third kappa shape index (κ3) is 3.93. The molecule has 1 aliphatic rings. The average molecular weight is 393 g/mol. The van der Waals surface area contributed by atoms with Crippen molar-refractivity contribution >= 4 is 17.3 Å². The number of carbonyl (C=O) groups is 1. The molecule has 0 aliphatic carbocycles. The zero-order valence-corrected chi connectivity index (χ0v) is 15.8. The quantitative estimate of drug-likeness (QED) is 0.496. The number of benzene rings is 2. The second-order valence-corrected chi connectivity index (χ2v) is 6.78. The van der Waals surface area contributed by atoms with Gasteiger partial charge in [-0.15, -0.1) is 0 Å².